The van der Waals surface area contributed by atoms with Crippen molar-refractivity contribution in [2.24, 2.45) is 0 Å². The van der Waals surface area contributed by atoms with Gasteiger partial charge in [-0.05, 0) is 29.6 Å². The third kappa shape index (κ3) is 2.57. The molecule has 16 heavy (non-hydrogen) atoms. The van der Waals surface area contributed by atoms with E-state index in [1.165, 1.54) is 4.88 Å². The van der Waals surface area contributed by atoms with Crippen LogP contribution in [0.4, 0.5) is 11.4 Å². The first-order valence-corrected chi connectivity index (χ1v) is 6.62. The van der Waals surface area contributed by atoms with Gasteiger partial charge in [-0.15, -0.1) is 11.3 Å². The number of halogens is 1. The van der Waals surface area contributed by atoms with Crippen LogP contribution >= 0.6 is 27.3 Å². The number of benzene rings is 1. The average molecular weight is 297 g/mol. The molecule has 1 aromatic carbocycles. The molecule has 0 fully saturated rings. The normalized spacial score (nSPS) is 10.4. The van der Waals surface area contributed by atoms with Crippen molar-refractivity contribution in [2.75, 3.05) is 17.7 Å². The lowest BCUT2D eigenvalue weighted by molar-refractivity contribution is 0.941. The highest BCUT2D eigenvalue weighted by atomic mass is 79.9. The van der Waals surface area contributed by atoms with Gasteiger partial charge in [-0.2, -0.15) is 0 Å². The minimum Gasteiger partial charge on any atom is -0.397 e. The summed E-state index contributed by atoms with van der Waals surface area (Å²) in [7, 11) is 2.05. The third-order valence-electron chi connectivity index (χ3n) is 2.38. The number of nitrogen functional groups attached to an aromatic ring is 1. The maximum absolute atomic E-state index is 5.96. The highest BCUT2D eigenvalue weighted by molar-refractivity contribution is 9.10. The van der Waals surface area contributed by atoms with Crippen molar-refractivity contribution in [2.45, 2.75) is 6.54 Å². The van der Waals surface area contributed by atoms with E-state index in [9.17, 15) is 0 Å². The second-order valence-electron chi connectivity index (χ2n) is 3.64. The number of hydrogen-bond donors (Lipinski definition) is 1. The summed E-state index contributed by atoms with van der Waals surface area (Å²) in [6.45, 7) is 0.887. The molecule has 2 nitrogen and oxygen atoms in total. The summed E-state index contributed by atoms with van der Waals surface area (Å²) >= 11 is 5.22. The van der Waals surface area contributed by atoms with E-state index in [-0.39, 0.29) is 0 Å². The van der Waals surface area contributed by atoms with Crippen LogP contribution in [-0.4, -0.2) is 7.05 Å². The largest absolute Gasteiger partial charge is 0.397 e. The molecule has 0 radical (unpaired) electrons. The van der Waals surface area contributed by atoms with Crippen LogP contribution in [0.5, 0.6) is 0 Å². The predicted molar refractivity (Wildman–Crippen MR) is 75.0 cm³/mol. The number of nitrogens with zero attached hydrogens (tertiary/aromatic N) is 1. The van der Waals surface area contributed by atoms with Crippen LogP contribution in [0.3, 0.4) is 0 Å². The zero-order valence-electron chi connectivity index (χ0n) is 8.98. The van der Waals surface area contributed by atoms with Crippen molar-refractivity contribution >= 4 is 38.6 Å². The van der Waals surface area contributed by atoms with Crippen LogP contribution in [0.1, 0.15) is 4.88 Å². The Morgan fingerprint density at radius 3 is 2.88 bits per heavy atom. The molecule has 84 valence electrons. The van der Waals surface area contributed by atoms with Gasteiger partial charge in [0.15, 0.2) is 0 Å². The SMILES string of the molecule is CN(Cc1cccs1)c1cc(Br)ccc1N. The highest BCUT2D eigenvalue weighted by Crippen LogP contribution is 2.27. The van der Waals surface area contributed by atoms with Crippen molar-refractivity contribution in [1.82, 2.24) is 0 Å². The van der Waals surface area contributed by atoms with Gasteiger partial charge < -0.3 is 10.6 Å². The molecule has 0 saturated carbocycles. The fraction of sp³-hybridized carbons (Fsp3) is 0.167. The van der Waals surface area contributed by atoms with Gasteiger partial charge >= 0.3 is 0 Å². The monoisotopic (exact) mass is 296 g/mol. The fourth-order valence-corrected chi connectivity index (χ4v) is 2.68. The van der Waals surface area contributed by atoms with Crippen LogP contribution in [0.15, 0.2) is 40.2 Å². The quantitative estimate of drug-likeness (QED) is 0.875. The van der Waals surface area contributed by atoms with Crippen LogP contribution in [0, 0.1) is 0 Å². The molecular weight excluding hydrogens is 284 g/mol. The topological polar surface area (TPSA) is 29.3 Å². The van der Waals surface area contributed by atoms with Gasteiger partial charge in [0, 0.05) is 16.4 Å². The van der Waals surface area contributed by atoms with E-state index in [0.29, 0.717) is 0 Å². The molecule has 0 bridgehead atoms. The van der Waals surface area contributed by atoms with Gasteiger partial charge in [0.05, 0.1) is 17.9 Å². The zero-order chi connectivity index (χ0) is 11.5. The second-order valence-corrected chi connectivity index (χ2v) is 5.59. The molecule has 0 saturated heterocycles. The summed E-state index contributed by atoms with van der Waals surface area (Å²) in [5.41, 5.74) is 7.83. The van der Waals surface area contributed by atoms with Crippen molar-refractivity contribution in [3.63, 3.8) is 0 Å². The summed E-state index contributed by atoms with van der Waals surface area (Å²) in [6, 6.07) is 10.1. The molecule has 4 heteroatoms. The Morgan fingerprint density at radius 2 is 2.19 bits per heavy atom. The van der Waals surface area contributed by atoms with Crippen LogP contribution in [0.25, 0.3) is 0 Å². The maximum atomic E-state index is 5.96. The first-order chi connectivity index (χ1) is 7.66. The molecule has 0 aliphatic heterocycles. The first kappa shape index (κ1) is 11.5. The molecular formula is C12H13BrN2S. The molecule has 0 amide bonds. The van der Waals surface area contributed by atoms with Gasteiger partial charge in [-0.3, -0.25) is 0 Å². The smallest absolute Gasteiger partial charge is 0.0611 e. The Morgan fingerprint density at radius 1 is 1.38 bits per heavy atom. The molecule has 1 aromatic heterocycles. The molecule has 2 rings (SSSR count). The summed E-state index contributed by atoms with van der Waals surface area (Å²) in [5.74, 6) is 0. The van der Waals surface area contributed by atoms with E-state index < -0.39 is 0 Å². The lowest BCUT2D eigenvalue weighted by atomic mass is 10.2. The molecule has 0 aliphatic rings. The summed E-state index contributed by atoms with van der Waals surface area (Å²) in [4.78, 5) is 3.49. The highest BCUT2D eigenvalue weighted by Gasteiger charge is 2.07. The van der Waals surface area contributed by atoms with E-state index in [0.717, 1.165) is 22.4 Å². The predicted octanol–water partition coefficient (Wildman–Crippen LogP) is 3.73. The second kappa shape index (κ2) is 4.89. The van der Waals surface area contributed by atoms with Crippen molar-refractivity contribution in [1.29, 1.82) is 0 Å². The number of anilines is 2. The molecule has 1 heterocycles. The molecule has 2 N–H and O–H groups in total. The zero-order valence-corrected chi connectivity index (χ0v) is 11.4. The molecule has 0 unspecified atom stereocenters. The minimum atomic E-state index is 0.808. The van der Waals surface area contributed by atoms with E-state index in [2.05, 4.69) is 45.4 Å². The Balaban J connectivity index is 2.20. The van der Waals surface area contributed by atoms with Gasteiger partial charge in [0.1, 0.15) is 0 Å². The maximum Gasteiger partial charge on any atom is 0.0611 e. The minimum absolute atomic E-state index is 0.808. The van der Waals surface area contributed by atoms with Crippen LogP contribution in [-0.2, 0) is 6.54 Å². The molecule has 2 aromatic rings. The molecule has 0 atom stereocenters. The van der Waals surface area contributed by atoms with Crippen molar-refractivity contribution in [3.8, 4) is 0 Å². The lowest BCUT2D eigenvalue weighted by Gasteiger charge is -2.20. The number of thiophene rings is 1. The van der Waals surface area contributed by atoms with E-state index in [4.69, 9.17) is 5.73 Å². The standard InChI is InChI=1S/C12H13BrN2S/c1-15(8-10-3-2-6-16-10)12-7-9(13)4-5-11(12)14/h2-7H,8,14H2,1H3. The average Bonchev–Trinajstić information content (AvgIpc) is 2.74. The lowest BCUT2D eigenvalue weighted by Crippen LogP contribution is -2.17. The summed E-state index contributed by atoms with van der Waals surface area (Å²) in [6.07, 6.45) is 0. The van der Waals surface area contributed by atoms with Crippen molar-refractivity contribution in [3.05, 3.63) is 45.1 Å². The summed E-state index contributed by atoms with van der Waals surface area (Å²) < 4.78 is 1.05. The Bertz CT molecular complexity index is 468. The van der Waals surface area contributed by atoms with E-state index in [1.807, 2.05) is 18.2 Å². The third-order valence-corrected chi connectivity index (χ3v) is 3.73. The molecule has 0 spiro atoms. The Hall–Kier alpha value is -1.00. The molecule has 0 aliphatic carbocycles. The Kier molecular flexibility index (Phi) is 3.51. The van der Waals surface area contributed by atoms with Gasteiger partial charge in [0.2, 0.25) is 0 Å². The Labute approximate surface area is 108 Å². The van der Waals surface area contributed by atoms with Gasteiger partial charge in [-0.1, -0.05) is 22.0 Å². The van der Waals surface area contributed by atoms with E-state index in [1.54, 1.807) is 11.3 Å². The number of hydrogen-bond acceptors (Lipinski definition) is 3. The summed E-state index contributed by atoms with van der Waals surface area (Å²) in [5, 5.41) is 2.09. The van der Waals surface area contributed by atoms with Crippen molar-refractivity contribution < 1.29 is 0 Å². The first-order valence-electron chi connectivity index (χ1n) is 4.95. The number of nitrogens with two attached hydrogens (primary N) is 1. The van der Waals surface area contributed by atoms with Gasteiger partial charge in [-0.25, -0.2) is 0 Å². The number of rotatable bonds is 3. The van der Waals surface area contributed by atoms with Crippen LogP contribution in [0.2, 0.25) is 0 Å². The van der Waals surface area contributed by atoms with Gasteiger partial charge in [0.25, 0.3) is 0 Å². The fourth-order valence-electron chi connectivity index (χ4n) is 1.57. The van der Waals surface area contributed by atoms with Crippen LogP contribution < -0.4 is 10.6 Å². The van der Waals surface area contributed by atoms with E-state index >= 15 is 0 Å².